The molecular formula is C21H27FN2O. The summed E-state index contributed by atoms with van der Waals surface area (Å²) in [5.74, 6) is -0.204. The second kappa shape index (κ2) is 7.22. The molecule has 1 aliphatic heterocycles. The number of aliphatic hydroxyl groups is 1. The van der Waals surface area contributed by atoms with Gasteiger partial charge in [-0.05, 0) is 69.5 Å². The molecule has 1 N–H and O–H groups in total. The van der Waals surface area contributed by atoms with Gasteiger partial charge < -0.3 is 5.11 Å². The van der Waals surface area contributed by atoms with Crippen LogP contribution in [0.1, 0.15) is 37.9 Å². The van der Waals surface area contributed by atoms with Gasteiger partial charge in [-0.2, -0.15) is 0 Å². The largest absolute Gasteiger partial charge is 0.396 e. The Kier molecular flexibility index (Phi) is 5.21. The van der Waals surface area contributed by atoms with Crippen LogP contribution in [0, 0.1) is 11.2 Å². The van der Waals surface area contributed by atoms with Crippen molar-refractivity contribution < 1.29 is 9.50 Å². The minimum atomic E-state index is -0.204. The summed E-state index contributed by atoms with van der Waals surface area (Å²) in [6.07, 6.45) is 4.57. The molecule has 2 heterocycles. The van der Waals surface area contributed by atoms with Crippen LogP contribution in [-0.4, -0.2) is 34.7 Å². The van der Waals surface area contributed by atoms with E-state index in [1.807, 2.05) is 30.5 Å². The molecular weight excluding hydrogens is 315 g/mol. The molecule has 1 fully saturated rings. The zero-order valence-corrected chi connectivity index (χ0v) is 15.1. The third-order valence-electron chi connectivity index (χ3n) is 5.71. The van der Waals surface area contributed by atoms with Crippen molar-refractivity contribution in [3.8, 4) is 0 Å². The third kappa shape index (κ3) is 3.91. The molecule has 0 aliphatic carbocycles. The maximum Gasteiger partial charge on any atom is 0.123 e. The zero-order chi connectivity index (χ0) is 17.9. The molecule has 1 atom stereocenters. The van der Waals surface area contributed by atoms with Crippen LogP contribution in [0.15, 0.2) is 48.7 Å². The lowest BCUT2D eigenvalue weighted by atomic mass is 9.82. The van der Waals surface area contributed by atoms with E-state index >= 15 is 0 Å². The molecule has 0 saturated carbocycles. The second-order valence-electron chi connectivity index (χ2n) is 7.73. The average molecular weight is 342 g/mol. The van der Waals surface area contributed by atoms with Crippen molar-refractivity contribution in [2.75, 3.05) is 19.7 Å². The van der Waals surface area contributed by atoms with E-state index in [0.29, 0.717) is 0 Å². The minimum Gasteiger partial charge on any atom is -0.396 e. The number of hydrogen-bond donors (Lipinski definition) is 1. The quantitative estimate of drug-likeness (QED) is 0.868. The van der Waals surface area contributed by atoms with Gasteiger partial charge in [-0.3, -0.25) is 9.88 Å². The van der Waals surface area contributed by atoms with E-state index in [2.05, 4.69) is 29.8 Å². The van der Waals surface area contributed by atoms with Crippen LogP contribution >= 0.6 is 0 Å². The number of halogens is 1. The van der Waals surface area contributed by atoms with E-state index in [9.17, 15) is 9.50 Å². The Morgan fingerprint density at radius 2 is 1.96 bits per heavy atom. The maximum atomic E-state index is 13.1. The molecule has 1 saturated heterocycles. The second-order valence-corrected chi connectivity index (χ2v) is 7.73. The fourth-order valence-corrected chi connectivity index (χ4v) is 3.77. The van der Waals surface area contributed by atoms with Crippen LogP contribution < -0.4 is 0 Å². The van der Waals surface area contributed by atoms with E-state index in [0.717, 1.165) is 43.6 Å². The van der Waals surface area contributed by atoms with Crippen molar-refractivity contribution in [3.63, 3.8) is 0 Å². The lowest BCUT2D eigenvalue weighted by molar-refractivity contribution is 0.0854. The first kappa shape index (κ1) is 18.0. The highest BCUT2D eigenvalue weighted by Gasteiger charge is 2.43. The van der Waals surface area contributed by atoms with Crippen molar-refractivity contribution in [1.29, 1.82) is 0 Å². The lowest BCUT2D eigenvalue weighted by Gasteiger charge is -2.37. The first-order chi connectivity index (χ1) is 12.0. The smallest absolute Gasteiger partial charge is 0.123 e. The molecule has 0 bridgehead atoms. The van der Waals surface area contributed by atoms with Gasteiger partial charge in [-0.25, -0.2) is 4.39 Å². The Hall–Kier alpha value is -1.78. The number of rotatable bonds is 6. The van der Waals surface area contributed by atoms with Crippen LogP contribution in [0.4, 0.5) is 4.39 Å². The van der Waals surface area contributed by atoms with E-state index in [-0.39, 0.29) is 23.4 Å². The van der Waals surface area contributed by atoms with Crippen molar-refractivity contribution in [1.82, 2.24) is 9.88 Å². The van der Waals surface area contributed by atoms with Gasteiger partial charge in [-0.1, -0.05) is 18.2 Å². The number of aromatic nitrogens is 1. The van der Waals surface area contributed by atoms with Gasteiger partial charge in [0.2, 0.25) is 0 Å². The van der Waals surface area contributed by atoms with Crippen molar-refractivity contribution in [2.24, 2.45) is 5.41 Å². The van der Waals surface area contributed by atoms with E-state index in [4.69, 9.17) is 0 Å². The summed E-state index contributed by atoms with van der Waals surface area (Å²) >= 11 is 0. The van der Waals surface area contributed by atoms with Gasteiger partial charge in [0.05, 0.1) is 11.2 Å². The topological polar surface area (TPSA) is 36.4 Å². The van der Waals surface area contributed by atoms with Crippen molar-refractivity contribution >= 4 is 0 Å². The molecule has 1 aromatic carbocycles. The number of pyridine rings is 1. The molecule has 0 spiro atoms. The summed E-state index contributed by atoms with van der Waals surface area (Å²) in [6, 6.07) is 12.7. The number of aryl methyl sites for hydroxylation is 1. The SMILES string of the molecule is CC(C)(c1ccccn1)N1CC[C@](CO)(CCc2ccc(F)cc2)C1. The fourth-order valence-electron chi connectivity index (χ4n) is 3.77. The Bertz CT molecular complexity index is 687. The average Bonchev–Trinajstić information content (AvgIpc) is 3.08. The van der Waals surface area contributed by atoms with E-state index in [1.165, 1.54) is 12.1 Å². The summed E-state index contributed by atoms with van der Waals surface area (Å²) < 4.78 is 13.1. The maximum absolute atomic E-state index is 13.1. The van der Waals surface area contributed by atoms with Crippen LogP contribution in [-0.2, 0) is 12.0 Å². The number of nitrogens with zero attached hydrogens (tertiary/aromatic N) is 2. The molecule has 1 aromatic heterocycles. The Labute approximate surface area is 149 Å². The molecule has 25 heavy (non-hydrogen) atoms. The van der Waals surface area contributed by atoms with Gasteiger partial charge in [0, 0.05) is 24.8 Å². The summed E-state index contributed by atoms with van der Waals surface area (Å²) in [5.41, 5.74) is 1.92. The molecule has 0 amide bonds. The number of hydrogen-bond acceptors (Lipinski definition) is 3. The molecule has 2 aromatic rings. The normalized spacial score (nSPS) is 21.6. The highest BCUT2D eigenvalue weighted by molar-refractivity contribution is 5.18. The first-order valence-electron chi connectivity index (χ1n) is 8.97. The van der Waals surface area contributed by atoms with Gasteiger partial charge in [0.25, 0.3) is 0 Å². The summed E-state index contributed by atoms with van der Waals surface area (Å²) in [5, 5.41) is 10.1. The fraction of sp³-hybridized carbons (Fsp3) is 0.476. The minimum absolute atomic E-state index is 0.0968. The molecule has 0 unspecified atom stereocenters. The molecule has 134 valence electrons. The molecule has 3 nitrogen and oxygen atoms in total. The molecule has 3 rings (SSSR count). The molecule has 1 aliphatic rings. The van der Waals surface area contributed by atoms with Gasteiger partial charge >= 0.3 is 0 Å². The van der Waals surface area contributed by atoms with Crippen molar-refractivity contribution in [2.45, 2.75) is 38.6 Å². The number of aliphatic hydroxyl groups excluding tert-OH is 1. The first-order valence-corrected chi connectivity index (χ1v) is 8.97. The molecule has 4 heteroatoms. The molecule has 0 radical (unpaired) electrons. The number of benzene rings is 1. The Morgan fingerprint density at radius 3 is 2.60 bits per heavy atom. The van der Waals surface area contributed by atoms with Crippen LogP contribution in [0.3, 0.4) is 0 Å². The monoisotopic (exact) mass is 342 g/mol. The Morgan fingerprint density at radius 1 is 1.20 bits per heavy atom. The van der Waals surface area contributed by atoms with Gasteiger partial charge in [-0.15, -0.1) is 0 Å². The Balaban J connectivity index is 1.69. The predicted molar refractivity (Wildman–Crippen MR) is 97.7 cm³/mol. The summed E-state index contributed by atoms with van der Waals surface area (Å²) in [4.78, 5) is 6.96. The summed E-state index contributed by atoms with van der Waals surface area (Å²) in [7, 11) is 0. The van der Waals surface area contributed by atoms with Crippen LogP contribution in [0.2, 0.25) is 0 Å². The lowest BCUT2D eigenvalue weighted by Crippen LogP contribution is -2.42. The van der Waals surface area contributed by atoms with Gasteiger partial charge in [0.1, 0.15) is 5.82 Å². The number of likely N-dealkylation sites (tertiary alicyclic amines) is 1. The van der Waals surface area contributed by atoms with E-state index in [1.54, 1.807) is 0 Å². The predicted octanol–water partition coefficient (Wildman–Crippen LogP) is 3.77. The van der Waals surface area contributed by atoms with Crippen LogP contribution in [0.25, 0.3) is 0 Å². The highest BCUT2D eigenvalue weighted by atomic mass is 19.1. The third-order valence-corrected chi connectivity index (χ3v) is 5.71. The summed E-state index contributed by atoms with van der Waals surface area (Å²) in [6.45, 7) is 6.39. The zero-order valence-electron chi connectivity index (χ0n) is 15.1. The van der Waals surface area contributed by atoms with E-state index < -0.39 is 0 Å². The standard InChI is InChI=1S/C21H27FN2O/c1-20(2,19-5-3-4-13-23-19)24-14-12-21(15-24,16-25)11-10-17-6-8-18(22)9-7-17/h3-9,13,25H,10-12,14-16H2,1-2H3/t21-/m1/s1. The van der Waals surface area contributed by atoms with Crippen LogP contribution in [0.5, 0.6) is 0 Å². The van der Waals surface area contributed by atoms with Gasteiger partial charge in [0.15, 0.2) is 0 Å². The highest BCUT2D eigenvalue weighted by Crippen LogP contribution is 2.40. The van der Waals surface area contributed by atoms with Crippen molar-refractivity contribution in [3.05, 3.63) is 65.7 Å².